The Morgan fingerprint density at radius 1 is 1.38 bits per heavy atom. The summed E-state index contributed by atoms with van der Waals surface area (Å²) >= 11 is 0. The molecule has 13 heavy (non-hydrogen) atoms. The molecular formula is C10H16N2O. The lowest BCUT2D eigenvalue weighted by atomic mass is 10.1. The molecule has 0 radical (unpaired) electrons. The molecule has 0 aromatic heterocycles. The molecule has 0 saturated carbocycles. The van der Waals surface area contributed by atoms with Gasteiger partial charge in [0, 0.05) is 13.2 Å². The standard InChI is InChI=1S/C10H16N2O/c1-13-10-5-3-2-4-9(10)6-7-12-8-11/h2-5,12H,6-8,11H2,1H3. The first-order valence-corrected chi connectivity index (χ1v) is 4.41. The summed E-state index contributed by atoms with van der Waals surface area (Å²) in [4.78, 5) is 0. The van der Waals surface area contributed by atoms with Crippen molar-refractivity contribution < 1.29 is 4.74 Å². The van der Waals surface area contributed by atoms with Crippen LogP contribution in [0.5, 0.6) is 5.75 Å². The highest BCUT2D eigenvalue weighted by molar-refractivity contribution is 5.33. The Bertz CT molecular complexity index is 250. The van der Waals surface area contributed by atoms with E-state index >= 15 is 0 Å². The highest BCUT2D eigenvalue weighted by Crippen LogP contribution is 2.16. The smallest absolute Gasteiger partial charge is 0.122 e. The third kappa shape index (κ3) is 3.05. The molecule has 0 saturated heterocycles. The summed E-state index contributed by atoms with van der Waals surface area (Å²) in [6.07, 6.45) is 0.946. The van der Waals surface area contributed by atoms with E-state index in [0.29, 0.717) is 6.67 Å². The molecule has 0 spiro atoms. The van der Waals surface area contributed by atoms with Crippen LogP contribution in [0.25, 0.3) is 0 Å². The van der Waals surface area contributed by atoms with Gasteiger partial charge in [-0.3, -0.25) is 0 Å². The summed E-state index contributed by atoms with van der Waals surface area (Å²) < 4.78 is 5.22. The quantitative estimate of drug-likeness (QED) is 0.519. The zero-order valence-corrected chi connectivity index (χ0v) is 7.92. The van der Waals surface area contributed by atoms with Crippen LogP contribution >= 0.6 is 0 Å². The third-order valence-corrected chi connectivity index (χ3v) is 1.91. The van der Waals surface area contributed by atoms with E-state index in [0.717, 1.165) is 18.7 Å². The molecule has 1 aromatic rings. The Morgan fingerprint density at radius 2 is 2.15 bits per heavy atom. The van der Waals surface area contributed by atoms with Crippen LogP contribution in [0.1, 0.15) is 5.56 Å². The number of hydrogen-bond donors (Lipinski definition) is 2. The van der Waals surface area contributed by atoms with Crippen LogP contribution in [0.4, 0.5) is 0 Å². The monoisotopic (exact) mass is 180 g/mol. The van der Waals surface area contributed by atoms with Gasteiger partial charge in [-0.25, -0.2) is 0 Å². The maximum absolute atomic E-state index is 5.32. The van der Waals surface area contributed by atoms with Crippen LogP contribution < -0.4 is 15.8 Å². The summed E-state index contributed by atoms with van der Waals surface area (Å²) in [6, 6.07) is 8.02. The molecule has 1 aromatic carbocycles. The van der Waals surface area contributed by atoms with Crippen LogP contribution in [-0.4, -0.2) is 20.3 Å². The minimum atomic E-state index is 0.523. The van der Waals surface area contributed by atoms with E-state index in [1.807, 2.05) is 18.2 Å². The Kier molecular flexibility index (Phi) is 4.29. The van der Waals surface area contributed by atoms with Crippen molar-refractivity contribution in [2.45, 2.75) is 6.42 Å². The van der Waals surface area contributed by atoms with Gasteiger partial charge in [0.05, 0.1) is 7.11 Å². The van der Waals surface area contributed by atoms with Gasteiger partial charge in [0.2, 0.25) is 0 Å². The number of methoxy groups -OCH3 is 1. The normalized spacial score (nSPS) is 10.0. The number of para-hydroxylation sites is 1. The molecular weight excluding hydrogens is 164 g/mol. The van der Waals surface area contributed by atoms with Gasteiger partial charge >= 0.3 is 0 Å². The lowest BCUT2D eigenvalue weighted by Gasteiger charge is -2.07. The predicted molar refractivity (Wildman–Crippen MR) is 53.8 cm³/mol. The number of hydrogen-bond acceptors (Lipinski definition) is 3. The van der Waals surface area contributed by atoms with Gasteiger partial charge < -0.3 is 15.8 Å². The molecule has 0 fully saturated rings. The Morgan fingerprint density at radius 3 is 2.85 bits per heavy atom. The van der Waals surface area contributed by atoms with Crippen LogP contribution in [-0.2, 0) is 6.42 Å². The van der Waals surface area contributed by atoms with Gasteiger partial charge in [-0.15, -0.1) is 0 Å². The molecule has 0 heterocycles. The number of rotatable bonds is 5. The molecule has 3 nitrogen and oxygen atoms in total. The highest BCUT2D eigenvalue weighted by Gasteiger charge is 1.99. The van der Waals surface area contributed by atoms with Crippen molar-refractivity contribution in [1.82, 2.24) is 5.32 Å². The van der Waals surface area contributed by atoms with Gasteiger partial charge in [-0.1, -0.05) is 18.2 Å². The van der Waals surface area contributed by atoms with Gasteiger partial charge in [-0.05, 0) is 18.1 Å². The predicted octanol–water partition coefficient (Wildman–Crippen LogP) is 0.744. The first-order valence-electron chi connectivity index (χ1n) is 4.41. The van der Waals surface area contributed by atoms with Crippen molar-refractivity contribution in [2.75, 3.05) is 20.3 Å². The molecule has 0 aliphatic carbocycles. The minimum absolute atomic E-state index is 0.523. The molecule has 72 valence electrons. The van der Waals surface area contributed by atoms with E-state index in [1.54, 1.807) is 7.11 Å². The number of ether oxygens (including phenoxy) is 1. The van der Waals surface area contributed by atoms with E-state index in [-0.39, 0.29) is 0 Å². The molecule has 0 aliphatic rings. The largest absolute Gasteiger partial charge is 0.496 e. The van der Waals surface area contributed by atoms with Crippen molar-refractivity contribution in [3.05, 3.63) is 29.8 Å². The second-order valence-electron chi connectivity index (χ2n) is 2.77. The fourth-order valence-corrected chi connectivity index (χ4v) is 1.23. The van der Waals surface area contributed by atoms with E-state index in [1.165, 1.54) is 5.56 Å². The van der Waals surface area contributed by atoms with E-state index in [2.05, 4.69) is 11.4 Å². The lowest BCUT2D eigenvalue weighted by Crippen LogP contribution is -2.24. The van der Waals surface area contributed by atoms with Crippen molar-refractivity contribution >= 4 is 0 Å². The van der Waals surface area contributed by atoms with Gasteiger partial charge in [0.1, 0.15) is 5.75 Å². The highest BCUT2D eigenvalue weighted by atomic mass is 16.5. The summed E-state index contributed by atoms with van der Waals surface area (Å²) in [6.45, 7) is 1.41. The average molecular weight is 180 g/mol. The topological polar surface area (TPSA) is 47.3 Å². The Balaban J connectivity index is 2.54. The zero-order valence-electron chi connectivity index (χ0n) is 7.92. The van der Waals surface area contributed by atoms with Crippen molar-refractivity contribution in [2.24, 2.45) is 5.73 Å². The maximum atomic E-state index is 5.32. The summed E-state index contributed by atoms with van der Waals surface area (Å²) in [5, 5.41) is 3.07. The molecule has 3 heteroatoms. The fraction of sp³-hybridized carbons (Fsp3) is 0.400. The molecule has 3 N–H and O–H groups in total. The summed E-state index contributed by atoms with van der Waals surface area (Å²) in [7, 11) is 1.69. The minimum Gasteiger partial charge on any atom is -0.496 e. The van der Waals surface area contributed by atoms with Crippen LogP contribution in [0.2, 0.25) is 0 Å². The Labute approximate surface area is 78.9 Å². The van der Waals surface area contributed by atoms with E-state index < -0.39 is 0 Å². The van der Waals surface area contributed by atoms with Crippen LogP contribution in [0, 0.1) is 0 Å². The fourth-order valence-electron chi connectivity index (χ4n) is 1.23. The zero-order chi connectivity index (χ0) is 9.52. The first-order chi connectivity index (χ1) is 6.38. The molecule has 0 atom stereocenters. The molecule has 0 unspecified atom stereocenters. The Hall–Kier alpha value is -1.06. The molecule has 0 aliphatic heterocycles. The van der Waals surface area contributed by atoms with E-state index in [9.17, 15) is 0 Å². The lowest BCUT2D eigenvalue weighted by molar-refractivity contribution is 0.409. The van der Waals surface area contributed by atoms with Gasteiger partial charge in [-0.2, -0.15) is 0 Å². The SMILES string of the molecule is COc1ccccc1CCNCN. The molecule has 0 amide bonds. The number of benzene rings is 1. The summed E-state index contributed by atoms with van der Waals surface area (Å²) in [5.41, 5.74) is 6.53. The van der Waals surface area contributed by atoms with E-state index in [4.69, 9.17) is 10.5 Å². The molecule has 0 bridgehead atoms. The third-order valence-electron chi connectivity index (χ3n) is 1.91. The van der Waals surface area contributed by atoms with Crippen molar-refractivity contribution in [3.63, 3.8) is 0 Å². The van der Waals surface area contributed by atoms with Crippen molar-refractivity contribution in [1.29, 1.82) is 0 Å². The second-order valence-corrected chi connectivity index (χ2v) is 2.77. The van der Waals surface area contributed by atoms with Crippen molar-refractivity contribution in [3.8, 4) is 5.75 Å². The van der Waals surface area contributed by atoms with Gasteiger partial charge in [0.25, 0.3) is 0 Å². The maximum Gasteiger partial charge on any atom is 0.122 e. The van der Waals surface area contributed by atoms with Crippen LogP contribution in [0.3, 0.4) is 0 Å². The first kappa shape index (κ1) is 10.0. The summed E-state index contributed by atoms with van der Waals surface area (Å²) in [5.74, 6) is 0.946. The average Bonchev–Trinajstić information content (AvgIpc) is 2.19. The number of nitrogens with two attached hydrogens (primary N) is 1. The van der Waals surface area contributed by atoms with Crippen LogP contribution in [0.15, 0.2) is 24.3 Å². The second kappa shape index (κ2) is 5.56. The number of nitrogens with one attached hydrogen (secondary N) is 1. The molecule has 1 rings (SSSR count). The van der Waals surface area contributed by atoms with Gasteiger partial charge in [0.15, 0.2) is 0 Å².